The van der Waals surface area contributed by atoms with Crippen molar-refractivity contribution in [3.63, 3.8) is 0 Å². The van der Waals surface area contributed by atoms with E-state index in [-0.39, 0.29) is 36.4 Å². The lowest BCUT2D eigenvalue weighted by atomic mass is 9.76. The quantitative estimate of drug-likeness (QED) is 0.358. The molecule has 0 aliphatic carbocycles. The van der Waals surface area contributed by atoms with E-state index in [2.05, 4.69) is 0 Å². The number of ether oxygens (including phenoxy) is 1. The molecule has 160 valence electrons. The lowest BCUT2D eigenvalue weighted by Gasteiger charge is -2.26. The third-order valence-electron chi connectivity index (χ3n) is 5.08. The van der Waals surface area contributed by atoms with E-state index >= 15 is 0 Å². The van der Waals surface area contributed by atoms with Crippen LogP contribution in [0.15, 0.2) is 35.3 Å². The number of aryl methyl sites for hydroxylation is 1. The minimum Gasteiger partial charge on any atom is -0.480 e. The molecule has 1 aromatic carbocycles. The summed E-state index contributed by atoms with van der Waals surface area (Å²) >= 11 is 0. The first-order chi connectivity index (χ1) is 14.1. The molecular weight excluding hydrogens is 396 g/mol. The van der Waals surface area contributed by atoms with Crippen LogP contribution in [0.25, 0.3) is 5.69 Å². The number of hydrogen-bond donors (Lipinski definition) is 2. The van der Waals surface area contributed by atoms with Gasteiger partial charge in [0.15, 0.2) is 5.41 Å². The number of aromatic nitrogens is 1. The second-order valence-corrected chi connectivity index (χ2v) is 6.62. The van der Waals surface area contributed by atoms with Crippen LogP contribution < -0.4 is 5.56 Å². The molecule has 0 aliphatic heterocycles. The fraction of sp³-hybridized carbons (Fsp3) is 0.350. The smallest absolute Gasteiger partial charge is 0.325 e. The van der Waals surface area contributed by atoms with Crippen LogP contribution in [0.1, 0.15) is 37.0 Å². The normalized spacial score (nSPS) is 11.3. The number of rotatable bonds is 9. The molecule has 0 bridgehead atoms. The average molecular weight is 418 g/mol. The highest BCUT2D eigenvalue weighted by Crippen LogP contribution is 2.31. The van der Waals surface area contributed by atoms with Gasteiger partial charge in [0.2, 0.25) is 0 Å². The summed E-state index contributed by atoms with van der Waals surface area (Å²) in [5.41, 5.74) is -2.92. The average Bonchev–Trinajstić information content (AvgIpc) is 2.69. The van der Waals surface area contributed by atoms with E-state index in [1.165, 1.54) is 44.5 Å². The fourth-order valence-corrected chi connectivity index (χ4v) is 3.49. The number of carbonyl (C=O) groups is 2. The van der Waals surface area contributed by atoms with Crippen molar-refractivity contribution < 1.29 is 29.5 Å². The molecule has 1 heterocycles. The van der Waals surface area contributed by atoms with E-state index in [0.29, 0.717) is 11.1 Å². The third kappa shape index (κ3) is 3.69. The van der Waals surface area contributed by atoms with Gasteiger partial charge in [-0.1, -0.05) is 13.8 Å². The van der Waals surface area contributed by atoms with Crippen molar-refractivity contribution >= 4 is 17.6 Å². The maximum Gasteiger partial charge on any atom is 0.325 e. The zero-order valence-electron chi connectivity index (χ0n) is 16.7. The molecule has 2 N–H and O–H groups in total. The van der Waals surface area contributed by atoms with E-state index in [4.69, 9.17) is 4.74 Å². The van der Waals surface area contributed by atoms with Crippen LogP contribution in [0.4, 0.5) is 5.69 Å². The van der Waals surface area contributed by atoms with Gasteiger partial charge in [0.1, 0.15) is 0 Å². The number of nitro benzene ring substituents is 1. The Balaban J connectivity index is 2.92. The molecule has 0 aliphatic rings. The zero-order valence-corrected chi connectivity index (χ0v) is 16.7. The van der Waals surface area contributed by atoms with Crippen LogP contribution in [0.3, 0.4) is 0 Å². The van der Waals surface area contributed by atoms with Crippen LogP contribution in [0, 0.1) is 10.1 Å². The molecule has 2 rings (SSSR count). The summed E-state index contributed by atoms with van der Waals surface area (Å²) in [6, 6.07) is 5.29. The van der Waals surface area contributed by atoms with Crippen LogP contribution in [0.2, 0.25) is 0 Å². The van der Waals surface area contributed by atoms with E-state index in [1.807, 2.05) is 0 Å². The highest BCUT2D eigenvalue weighted by atomic mass is 16.6. The van der Waals surface area contributed by atoms with Crippen molar-refractivity contribution in [2.45, 2.75) is 38.7 Å². The molecule has 30 heavy (non-hydrogen) atoms. The van der Waals surface area contributed by atoms with Gasteiger partial charge in [-0.25, -0.2) is 0 Å². The molecule has 1 aromatic heterocycles. The van der Waals surface area contributed by atoms with Gasteiger partial charge >= 0.3 is 11.9 Å². The SMILES string of the molecule is CCc1ccn(-c2ccc([N+](=O)[O-])cc2COC)c(=O)c1C(CC)(C(=O)O)C(=O)O. The van der Waals surface area contributed by atoms with Gasteiger partial charge in [0.05, 0.1) is 17.2 Å². The summed E-state index contributed by atoms with van der Waals surface area (Å²) < 4.78 is 6.18. The minimum atomic E-state index is -2.42. The minimum absolute atomic E-state index is 0.0505. The van der Waals surface area contributed by atoms with Gasteiger partial charge in [-0.05, 0) is 30.5 Å². The van der Waals surface area contributed by atoms with E-state index < -0.39 is 27.8 Å². The fourth-order valence-electron chi connectivity index (χ4n) is 3.49. The van der Waals surface area contributed by atoms with Gasteiger partial charge in [-0.3, -0.25) is 29.1 Å². The van der Waals surface area contributed by atoms with Crippen molar-refractivity contribution in [3.05, 3.63) is 67.6 Å². The van der Waals surface area contributed by atoms with Crippen LogP contribution >= 0.6 is 0 Å². The molecule has 0 radical (unpaired) electrons. The number of non-ortho nitro benzene ring substituents is 1. The van der Waals surface area contributed by atoms with Crippen molar-refractivity contribution in [3.8, 4) is 5.69 Å². The van der Waals surface area contributed by atoms with Gasteiger partial charge < -0.3 is 14.9 Å². The highest BCUT2D eigenvalue weighted by Gasteiger charge is 2.50. The van der Waals surface area contributed by atoms with Crippen LogP contribution in [-0.4, -0.2) is 38.8 Å². The summed E-state index contributed by atoms with van der Waals surface area (Å²) in [6.07, 6.45) is 1.31. The number of aliphatic carboxylic acids is 2. The second kappa shape index (κ2) is 8.87. The first-order valence-corrected chi connectivity index (χ1v) is 9.14. The summed E-state index contributed by atoms with van der Waals surface area (Å²) in [5.74, 6) is -3.27. The second-order valence-electron chi connectivity index (χ2n) is 6.62. The number of pyridine rings is 1. The topological polar surface area (TPSA) is 149 Å². The van der Waals surface area contributed by atoms with Crippen molar-refractivity contribution in [2.75, 3.05) is 7.11 Å². The predicted octanol–water partition coefficient (Wildman–Crippen LogP) is 2.27. The summed E-state index contributed by atoms with van der Waals surface area (Å²) in [5, 5.41) is 30.6. The number of benzene rings is 1. The maximum atomic E-state index is 13.4. The Labute approximate surface area is 171 Å². The Bertz CT molecular complexity index is 1040. The molecule has 0 atom stereocenters. The summed E-state index contributed by atoms with van der Waals surface area (Å²) in [6.45, 7) is 3.03. The Morgan fingerprint density at radius 2 is 1.80 bits per heavy atom. The largest absolute Gasteiger partial charge is 0.480 e. The molecule has 0 amide bonds. The Morgan fingerprint density at radius 3 is 2.27 bits per heavy atom. The number of hydrogen-bond acceptors (Lipinski definition) is 6. The number of methoxy groups -OCH3 is 1. The monoisotopic (exact) mass is 418 g/mol. The molecule has 0 saturated heterocycles. The number of carboxylic acids is 2. The first kappa shape index (κ1) is 22.8. The van der Waals surface area contributed by atoms with E-state index in [0.717, 1.165) is 4.57 Å². The van der Waals surface area contributed by atoms with E-state index in [9.17, 15) is 34.7 Å². The lowest BCUT2D eigenvalue weighted by molar-refractivity contribution is -0.384. The first-order valence-electron chi connectivity index (χ1n) is 9.14. The third-order valence-corrected chi connectivity index (χ3v) is 5.08. The molecule has 0 saturated carbocycles. The molecule has 0 unspecified atom stereocenters. The van der Waals surface area contributed by atoms with Gasteiger partial charge in [0, 0.05) is 36.6 Å². The predicted molar refractivity (Wildman–Crippen MR) is 106 cm³/mol. The molecule has 0 fully saturated rings. The van der Waals surface area contributed by atoms with Gasteiger partial charge in [-0.2, -0.15) is 0 Å². The lowest BCUT2D eigenvalue weighted by Crippen LogP contribution is -2.48. The molecular formula is C20H22N2O8. The van der Waals surface area contributed by atoms with Gasteiger partial charge in [0.25, 0.3) is 11.2 Å². The number of nitro groups is 1. The molecule has 10 heteroatoms. The van der Waals surface area contributed by atoms with Crippen molar-refractivity contribution in [1.82, 2.24) is 4.57 Å². The van der Waals surface area contributed by atoms with E-state index in [1.54, 1.807) is 6.92 Å². The Kier molecular flexibility index (Phi) is 6.73. The summed E-state index contributed by atoms with van der Waals surface area (Å²) in [4.78, 5) is 48.0. The molecule has 2 aromatic rings. The van der Waals surface area contributed by atoms with Crippen LogP contribution in [0.5, 0.6) is 0 Å². The highest BCUT2D eigenvalue weighted by molar-refractivity contribution is 6.05. The number of carboxylic acid groups (broad SMARTS) is 2. The molecule has 10 nitrogen and oxygen atoms in total. The Hall–Kier alpha value is -3.53. The molecule has 0 spiro atoms. The van der Waals surface area contributed by atoms with Crippen LogP contribution in [-0.2, 0) is 32.8 Å². The standard InChI is InChI=1S/C20H22N2O8/c1-4-12-8-9-21(15-7-6-14(22(28)29)10-13(15)11-30-3)17(23)16(12)20(5-2,18(24)25)19(26)27/h6-10H,4-5,11H2,1-3H3,(H,24,25)(H,26,27). The maximum absolute atomic E-state index is 13.4. The van der Waals surface area contributed by atoms with Crippen molar-refractivity contribution in [2.24, 2.45) is 0 Å². The number of nitrogens with zero attached hydrogens (tertiary/aromatic N) is 2. The zero-order chi connectivity index (χ0) is 22.6. The Morgan fingerprint density at radius 1 is 1.17 bits per heavy atom. The summed E-state index contributed by atoms with van der Waals surface area (Å²) in [7, 11) is 1.38. The van der Waals surface area contributed by atoms with Gasteiger partial charge in [-0.15, -0.1) is 0 Å². The van der Waals surface area contributed by atoms with Crippen molar-refractivity contribution in [1.29, 1.82) is 0 Å².